The van der Waals surface area contributed by atoms with E-state index in [0.29, 0.717) is 5.02 Å². The van der Waals surface area contributed by atoms with Gasteiger partial charge in [0, 0.05) is 5.02 Å². The Morgan fingerprint density at radius 1 is 1.07 bits per heavy atom. The van der Waals surface area contributed by atoms with Crippen molar-refractivity contribution in [2.24, 2.45) is 0 Å². The number of hydrogen-bond acceptors (Lipinski definition) is 4. The van der Waals surface area contributed by atoms with E-state index < -0.39 is 18.1 Å². The Kier molecular flexibility index (Phi) is 7.89. The molecule has 0 aromatic heterocycles. The van der Waals surface area contributed by atoms with E-state index in [-0.39, 0.29) is 19.8 Å². The van der Waals surface area contributed by atoms with Crippen LogP contribution >= 0.6 is 11.6 Å². The zero-order valence-corrected chi connectivity index (χ0v) is 15.9. The third-order valence-corrected chi connectivity index (χ3v) is 4.03. The van der Waals surface area contributed by atoms with Gasteiger partial charge in [-0.2, -0.15) is 0 Å². The lowest BCUT2D eigenvalue weighted by Gasteiger charge is -2.31. The molecule has 5 nitrogen and oxygen atoms in total. The average molecular weight is 388 g/mol. The molecule has 0 fully saturated rings. The summed E-state index contributed by atoms with van der Waals surface area (Å²) in [6.07, 6.45) is 0.840. The van der Waals surface area contributed by atoms with E-state index in [1.165, 1.54) is 11.0 Å². The summed E-state index contributed by atoms with van der Waals surface area (Å²) in [5.41, 5.74) is 1.63. The Labute approximate surface area is 164 Å². The molecule has 2 aromatic carbocycles. The highest BCUT2D eigenvalue weighted by molar-refractivity contribution is 6.30. The lowest BCUT2D eigenvalue weighted by Crippen LogP contribution is -2.40. The average Bonchev–Trinajstić information content (AvgIpc) is 2.68. The summed E-state index contributed by atoms with van der Waals surface area (Å²) in [6.45, 7) is 5.29. The van der Waals surface area contributed by atoms with Crippen molar-refractivity contribution >= 4 is 23.7 Å². The summed E-state index contributed by atoms with van der Waals surface area (Å²) in [5, 5.41) is 0.580. The molecular formula is C21H22ClNO4. The predicted molar refractivity (Wildman–Crippen MR) is 105 cm³/mol. The number of halogens is 1. The standard InChI is InChI=1S/C21H22ClNO4/c1-3-14-27-21(25)23(15-19(24)26-4-2)20(16-8-6-5-7-9-16)17-10-12-18(22)13-11-17/h3,5-13,20H,1,4,14-15H2,2H3. The molecule has 0 saturated heterocycles. The number of nitrogens with zero attached hydrogens (tertiary/aromatic N) is 1. The molecule has 27 heavy (non-hydrogen) atoms. The molecule has 0 saturated carbocycles. The lowest BCUT2D eigenvalue weighted by molar-refractivity contribution is -0.144. The van der Waals surface area contributed by atoms with Gasteiger partial charge in [0.05, 0.1) is 12.6 Å². The van der Waals surface area contributed by atoms with Gasteiger partial charge in [0.25, 0.3) is 0 Å². The van der Waals surface area contributed by atoms with Crippen LogP contribution in [0, 0.1) is 0 Å². The van der Waals surface area contributed by atoms with Gasteiger partial charge in [-0.3, -0.25) is 9.69 Å². The molecule has 0 bridgehead atoms. The van der Waals surface area contributed by atoms with Crippen LogP contribution in [0.5, 0.6) is 0 Å². The fraction of sp³-hybridized carbons (Fsp3) is 0.238. The number of esters is 1. The van der Waals surface area contributed by atoms with Crippen LogP contribution in [0.3, 0.4) is 0 Å². The Balaban J connectivity index is 2.47. The Bertz CT molecular complexity index is 762. The molecule has 0 aliphatic rings. The van der Waals surface area contributed by atoms with Crippen molar-refractivity contribution in [2.45, 2.75) is 13.0 Å². The second kappa shape index (κ2) is 10.4. The predicted octanol–water partition coefficient (Wildman–Crippen LogP) is 4.62. The maximum Gasteiger partial charge on any atom is 0.411 e. The molecule has 1 unspecified atom stereocenters. The van der Waals surface area contributed by atoms with Crippen molar-refractivity contribution < 1.29 is 19.1 Å². The van der Waals surface area contributed by atoms with Gasteiger partial charge in [-0.15, -0.1) is 0 Å². The van der Waals surface area contributed by atoms with E-state index in [1.54, 1.807) is 19.1 Å². The molecular weight excluding hydrogens is 366 g/mol. The molecule has 2 rings (SSSR count). The van der Waals surface area contributed by atoms with E-state index in [0.717, 1.165) is 11.1 Å². The summed E-state index contributed by atoms with van der Waals surface area (Å²) in [5.74, 6) is -0.511. The molecule has 2 aromatic rings. The zero-order chi connectivity index (χ0) is 19.6. The van der Waals surface area contributed by atoms with Crippen molar-refractivity contribution in [2.75, 3.05) is 19.8 Å². The van der Waals surface area contributed by atoms with Gasteiger partial charge in [-0.1, -0.05) is 66.7 Å². The minimum atomic E-state index is -0.633. The fourth-order valence-electron chi connectivity index (χ4n) is 2.65. The maximum absolute atomic E-state index is 12.7. The third kappa shape index (κ3) is 5.86. The monoisotopic (exact) mass is 387 g/mol. The van der Waals surface area contributed by atoms with Crippen LogP contribution in [-0.2, 0) is 14.3 Å². The first kappa shape index (κ1) is 20.5. The quantitative estimate of drug-likeness (QED) is 0.490. The summed E-state index contributed by atoms with van der Waals surface area (Å²) in [7, 11) is 0. The Morgan fingerprint density at radius 2 is 1.70 bits per heavy atom. The van der Waals surface area contributed by atoms with Gasteiger partial charge in [-0.25, -0.2) is 4.79 Å². The molecule has 6 heteroatoms. The zero-order valence-electron chi connectivity index (χ0n) is 15.1. The molecule has 0 radical (unpaired) electrons. The molecule has 142 valence electrons. The van der Waals surface area contributed by atoms with Crippen LogP contribution in [0.15, 0.2) is 67.3 Å². The van der Waals surface area contributed by atoms with E-state index in [1.807, 2.05) is 42.5 Å². The fourth-order valence-corrected chi connectivity index (χ4v) is 2.78. The van der Waals surface area contributed by atoms with Crippen molar-refractivity contribution in [3.05, 3.63) is 83.4 Å². The lowest BCUT2D eigenvalue weighted by atomic mass is 9.97. The molecule has 0 aliphatic carbocycles. The van der Waals surface area contributed by atoms with Gasteiger partial charge in [0.15, 0.2) is 0 Å². The molecule has 0 aliphatic heterocycles. The van der Waals surface area contributed by atoms with E-state index in [2.05, 4.69) is 6.58 Å². The first-order chi connectivity index (χ1) is 13.1. The van der Waals surface area contributed by atoms with Gasteiger partial charge in [-0.05, 0) is 30.2 Å². The highest BCUT2D eigenvalue weighted by Gasteiger charge is 2.30. The van der Waals surface area contributed by atoms with E-state index >= 15 is 0 Å². The first-order valence-electron chi connectivity index (χ1n) is 8.57. The van der Waals surface area contributed by atoms with Crippen LogP contribution in [0.2, 0.25) is 5.02 Å². The molecule has 0 spiro atoms. The highest BCUT2D eigenvalue weighted by atomic mass is 35.5. The number of carbonyl (C=O) groups excluding carboxylic acids is 2. The number of ether oxygens (including phenoxy) is 2. The SMILES string of the molecule is C=CCOC(=O)N(CC(=O)OCC)C(c1ccccc1)c1ccc(Cl)cc1. The number of hydrogen-bond donors (Lipinski definition) is 0. The Hall–Kier alpha value is -2.79. The van der Waals surface area contributed by atoms with Gasteiger partial charge >= 0.3 is 12.1 Å². The van der Waals surface area contributed by atoms with Crippen LogP contribution < -0.4 is 0 Å². The highest BCUT2D eigenvalue weighted by Crippen LogP contribution is 2.30. The minimum absolute atomic E-state index is 0.0420. The van der Waals surface area contributed by atoms with Crippen LogP contribution in [0.25, 0.3) is 0 Å². The summed E-state index contributed by atoms with van der Waals surface area (Å²) < 4.78 is 10.3. The molecule has 0 N–H and O–H groups in total. The number of rotatable bonds is 8. The smallest absolute Gasteiger partial charge is 0.411 e. The second-order valence-electron chi connectivity index (χ2n) is 5.66. The molecule has 1 amide bonds. The van der Waals surface area contributed by atoms with Gasteiger partial charge in [0.1, 0.15) is 13.2 Å². The van der Waals surface area contributed by atoms with Crippen molar-refractivity contribution in [3.8, 4) is 0 Å². The topological polar surface area (TPSA) is 55.8 Å². The van der Waals surface area contributed by atoms with Gasteiger partial charge in [0.2, 0.25) is 0 Å². The van der Waals surface area contributed by atoms with E-state index in [4.69, 9.17) is 21.1 Å². The van der Waals surface area contributed by atoms with Crippen molar-refractivity contribution in [1.29, 1.82) is 0 Å². The summed E-state index contributed by atoms with van der Waals surface area (Å²) in [6, 6.07) is 16.0. The van der Waals surface area contributed by atoms with Crippen molar-refractivity contribution in [3.63, 3.8) is 0 Å². The largest absolute Gasteiger partial charge is 0.465 e. The third-order valence-electron chi connectivity index (χ3n) is 3.78. The van der Waals surface area contributed by atoms with Crippen LogP contribution in [0.1, 0.15) is 24.1 Å². The maximum atomic E-state index is 12.7. The van der Waals surface area contributed by atoms with Crippen molar-refractivity contribution in [1.82, 2.24) is 4.90 Å². The van der Waals surface area contributed by atoms with Crippen LogP contribution in [-0.4, -0.2) is 36.7 Å². The number of benzene rings is 2. The van der Waals surface area contributed by atoms with E-state index in [9.17, 15) is 9.59 Å². The number of amides is 1. The minimum Gasteiger partial charge on any atom is -0.465 e. The summed E-state index contributed by atoms with van der Waals surface area (Å²) in [4.78, 5) is 26.2. The van der Waals surface area contributed by atoms with Gasteiger partial charge < -0.3 is 9.47 Å². The Morgan fingerprint density at radius 3 is 2.30 bits per heavy atom. The normalized spacial score (nSPS) is 11.3. The molecule has 1 atom stereocenters. The second-order valence-corrected chi connectivity index (χ2v) is 6.10. The number of carbonyl (C=O) groups is 2. The van der Waals surface area contributed by atoms with Crippen LogP contribution in [0.4, 0.5) is 4.79 Å². The first-order valence-corrected chi connectivity index (χ1v) is 8.95. The summed E-state index contributed by atoms with van der Waals surface area (Å²) >= 11 is 6.01. The molecule has 0 heterocycles.